The molecule has 108 valence electrons. The summed E-state index contributed by atoms with van der Waals surface area (Å²) in [6.45, 7) is 8.87. The van der Waals surface area contributed by atoms with Crippen molar-refractivity contribution in [3.63, 3.8) is 0 Å². The van der Waals surface area contributed by atoms with E-state index < -0.39 is 0 Å². The molecule has 0 fully saturated rings. The number of benzene rings is 1. The van der Waals surface area contributed by atoms with Crippen molar-refractivity contribution >= 4 is 0 Å². The van der Waals surface area contributed by atoms with Crippen LogP contribution < -0.4 is 0 Å². The summed E-state index contributed by atoms with van der Waals surface area (Å²) in [6, 6.07) is 8.63. The molecule has 3 heteroatoms. The molecule has 1 heterocycles. The molecule has 0 saturated heterocycles. The van der Waals surface area contributed by atoms with Gasteiger partial charge in [-0.1, -0.05) is 44.5 Å². The summed E-state index contributed by atoms with van der Waals surface area (Å²) in [6.07, 6.45) is 6.96. The minimum atomic E-state index is 0.453. The Kier molecular flexibility index (Phi) is 4.58. The molecule has 2 rings (SSSR count). The fourth-order valence-electron chi connectivity index (χ4n) is 2.27. The first-order chi connectivity index (χ1) is 9.44. The van der Waals surface area contributed by atoms with Gasteiger partial charge in [0.1, 0.15) is 0 Å². The average Bonchev–Trinajstić information content (AvgIpc) is 2.81. The monoisotopic (exact) mass is 271 g/mol. The van der Waals surface area contributed by atoms with Crippen molar-refractivity contribution in [3.05, 3.63) is 41.7 Å². The lowest BCUT2D eigenvalue weighted by Crippen LogP contribution is -2.04. The second-order valence-electron chi connectivity index (χ2n) is 6.74. The molecule has 2 aromatic rings. The Hall–Kier alpha value is -1.64. The fourth-order valence-corrected chi connectivity index (χ4v) is 2.27. The van der Waals surface area contributed by atoms with Gasteiger partial charge in [0.25, 0.3) is 0 Å². The molecule has 1 aromatic carbocycles. The normalized spacial score (nSPS) is 11.8. The van der Waals surface area contributed by atoms with Crippen LogP contribution in [0, 0.1) is 12.3 Å². The largest absolute Gasteiger partial charge is 0.220 e. The van der Waals surface area contributed by atoms with Gasteiger partial charge in [0.2, 0.25) is 0 Å². The van der Waals surface area contributed by atoms with E-state index in [2.05, 4.69) is 55.3 Å². The highest BCUT2D eigenvalue weighted by atomic mass is 15.4. The molecule has 0 aliphatic carbocycles. The molecule has 0 aliphatic rings. The van der Waals surface area contributed by atoms with Crippen LogP contribution >= 0.6 is 0 Å². The maximum atomic E-state index is 4.08. The first-order valence-corrected chi connectivity index (χ1v) is 7.42. The Morgan fingerprint density at radius 1 is 1.05 bits per heavy atom. The summed E-state index contributed by atoms with van der Waals surface area (Å²) < 4.78 is 1.82. The van der Waals surface area contributed by atoms with E-state index in [0.29, 0.717) is 5.41 Å². The van der Waals surface area contributed by atoms with Crippen molar-refractivity contribution in [1.29, 1.82) is 0 Å². The Morgan fingerprint density at radius 2 is 1.75 bits per heavy atom. The van der Waals surface area contributed by atoms with E-state index in [4.69, 9.17) is 0 Å². The number of rotatable bonds is 5. The molecule has 0 spiro atoms. The molecule has 0 radical (unpaired) electrons. The van der Waals surface area contributed by atoms with Gasteiger partial charge in [0, 0.05) is 0 Å². The van der Waals surface area contributed by atoms with E-state index in [1.54, 1.807) is 0 Å². The molecule has 3 nitrogen and oxygen atoms in total. The van der Waals surface area contributed by atoms with Gasteiger partial charge in [-0.05, 0) is 49.3 Å². The van der Waals surface area contributed by atoms with Crippen molar-refractivity contribution in [2.45, 2.75) is 53.4 Å². The predicted octanol–water partition coefficient (Wildman–Crippen LogP) is 4.33. The molecule has 0 unspecified atom stereocenters. The lowest BCUT2D eigenvalue weighted by Gasteiger charge is -2.17. The van der Waals surface area contributed by atoms with Gasteiger partial charge in [0.05, 0.1) is 17.6 Å². The molecular weight excluding hydrogens is 246 g/mol. The minimum Gasteiger partial charge on any atom is -0.220 e. The summed E-state index contributed by atoms with van der Waals surface area (Å²) in [4.78, 5) is 0. The van der Waals surface area contributed by atoms with Crippen molar-refractivity contribution in [1.82, 2.24) is 15.0 Å². The zero-order chi connectivity index (χ0) is 14.6. The smallest absolute Gasteiger partial charge is 0.0800 e. The fraction of sp³-hybridized carbons (Fsp3) is 0.529. The first-order valence-electron chi connectivity index (χ1n) is 7.42. The molecule has 0 saturated carbocycles. The first kappa shape index (κ1) is 14.8. The van der Waals surface area contributed by atoms with Crippen molar-refractivity contribution in [2.75, 3.05) is 0 Å². The lowest BCUT2D eigenvalue weighted by atomic mass is 9.89. The summed E-state index contributed by atoms with van der Waals surface area (Å²) in [5.41, 5.74) is 3.87. The summed E-state index contributed by atoms with van der Waals surface area (Å²) in [5, 5.41) is 8.10. The van der Waals surface area contributed by atoms with Crippen LogP contribution in [0.1, 0.15) is 51.3 Å². The molecule has 0 bridgehead atoms. The molecule has 20 heavy (non-hydrogen) atoms. The topological polar surface area (TPSA) is 30.7 Å². The Morgan fingerprint density at radius 3 is 2.30 bits per heavy atom. The number of hydrogen-bond donors (Lipinski definition) is 0. The zero-order valence-electron chi connectivity index (χ0n) is 13.1. The van der Waals surface area contributed by atoms with Gasteiger partial charge in [-0.2, -0.15) is 0 Å². The number of aromatic nitrogens is 3. The molecule has 0 N–H and O–H groups in total. The third kappa shape index (κ3) is 4.48. The van der Waals surface area contributed by atoms with Crippen molar-refractivity contribution < 1.29 is 0 Å². The zero-order valence-corrected chi connectivity index (χ0v) is 13.1. The van der Waals surface area contributed by atoms with Crippen LogP contribution in [0.5, 0.6) is 0 Å². The molecular formula is C17H25N3. The van der Waals surface area contributed by atoms with Crippen LogP contribution in [0.25, 0.3) is 5.69 Å². The maximum absolute atomic E-state index is 4.08. The van der Waals surface area contributed by atoms with Gasteiger partial charge >= 0.3 is 0 Å². The average molecular weight is 271 g/mol. The van der Waals surface area contributed by atoms with E-state index in [1.807, 2.05) is 17.8 Å². The predicted molar refractivity (Wildman–Crippen MR) is 83.1 cm³/mol. The third-order valence-electron chi connectivity index (χ3n) is 3.45. The van der Waals surface area contributed by atoms with Crippen LogP contribution in [0.4, 0.5) is 0 Å². The SMILES string of the molecule is Cc1cn(-c2ccc(CCCCC(C)(C)C)cc2)nn1. The van der Waals surface area contributed by atoms with E-state index in [1.165, 1.54) is 24.8 Å². The van der Waals surface area contributed by atoms with Gasteiger partial charge in [-0.3, -0.25) is 0 Å². The van der Waals surface area contributed by atoms with E-state index in [0.717, 1.165) is 17.8 Å². The van der Waals surface area contributed by atoms with Crippen LogP contribution in [-0.2, 0) is 6.42 Å². The van der Waals surface area contributed by atoms with E-state index in [9.17, 15) is 0 Å². The number of aryl methyl sites for hydroxylation is 2. The Bertz CT molecular complexity index is 532. The minimum absolute atomic E-state index is 0.453. The van der Waals surface area contributed by atoms with Gasteiger partial charge in [0.15, 0.2) is 0 Å². The highest BCUT2D eigenvalue weighted by Crippen LogP contribution is 2.22. The van der Waals surface area contributed by atoms with Crippen LogP contribution in [0.2, 0.25) is 0 Å². The maximum Gasteiger partial charge on any atom is 0.0800 e. The second-order valence-corrected chi connectivity index (χ2v) is 6.74. The molecule has 0 aliphatic heterocycles. The van der Waals surface area contributed by atoms with Crippen LogP contribution in [-0.4, -0.2) is 15.0 Å². The summed E-state index contributed by atoms with van der Waals surface area (Å²) in [7, 11) is 0. The molecule has 0 amide bonds. The van der Waals surface area contributed by atoms with Crippen LogP contribution in [0.3, 0.4) is 0 Å². The summed E-state index contributed by atoms with van der Waals surface area (Å²) >= 11 is 0. The Labute approximate surface area is 122 Å². The van der Waals surface area contributed by atoms with Crippen LogP contribution in [0.15, 0.2) is 30.5 Å². The molecule has 0 atom stereocenters. The number of hydrogen-bond acceptors (Lipinski definition) is 2. The highest BCUT2D eigenvalue weighted by Gasteiger charge is 2.08. The quantitative estimate of drug-likeness (QED) is 0.758. The van der Waals surface area contributed by atoms with Gasteiger partial charge < -0.3 is 0 Å². The number of unbranched alkanes of at least 4 members (excludes halogenated alkanes) is 1. The second kappa shape index (κ2) is 6.21. The Balaban J connectivity index is 1.86. The highest BCUT2D eigenvalue weighted by molar-refractivity contribution is 5.33. The van der Waals surface area contributed by atoms with Crippen molar-refractivity contribution in [3.8, 4) is 5.69 Å². The van der Waals surface area contributed by atoms with E-state index in [-0.39, 0.29) is 0 Å². The lowest BCUT2D eigenvalue weighted by molar-refractivity contribution is 0.360. The van der Waals surface area contributed by atoms with Crippen molar-refractivity contribution in [2.24, 2.45) is 5.41 Å². The number of nitrogens with zero attached hydrogens (tertiary/aromatic N) is 3. The van der Waals surface area contributed by atoms with E-state index >= 15 is 0 Å². The molecule has 1 aromatic heterocycles. The van der Waals surface area contributed by atoms with Gasteiger partial charge in [-0.25, -0.2) is 4.68 Å². The van der Waals surface area contributed by atoms with Gasteiger partial charge in [-0.15, -0.1) is 5.10 Å². The third-order valence-corrected chi connectivity index (χ3v) is 3.45. The summed E-state index contributed by atoms with van der Waals surface area (Å²) in [5.74, 6) is 0. The standard InChI is InChI=1S/C17H25N3/c1-14-13-20(19-18-14)16-10-8-15(9-11-16)7-5-6-12-17(2,3)4/h8-11,13H,5-7,12H2,1-4H3.